The largest absolute Gasteiger partial charge is 0.497 e. The highest BCUT2D eigenvalue weighted by atomic mass is 32.1. The number of carbonyl (C=O) groups is 2. The van der Waals surface area contributed by atoms with Gasteiger partial charge in [-0.1, -0.05) is 12.1 Å². The van der Waals surface area contributed by atoms with Crippen molar-refractivity contribution in [2.75, 3.05) is 31.0 Å². The molecule has 32 heavy (non-hydrogen) atoms. The van der Waals surface area contributed by atoms with E-state index >= 15 is 0 Å². The summed E-state index contributed by atoms with van der Waals surface area (Å²) in [5.41, 5.74) is 1.48. The standard InChI is InChI=1S/C24H22N2O5S/c1-4-31-17-8-5-7-15(13-17)26-23(27)21(20-9-6-12-32-20)22(24(26)28)25-18-11-10-16(29-2)14-19(18)30-3/h5-14,25H,4H2,1-3H3. The Hall–Kier alpha value is -3.78. The molecule has 0 fully saturated rings. The van der Waals surface area contributed by atoms with Gasteiger partial charge in [-0.25, -0.2) is 4.90 Å². The highest BCUT2D eigenvalue weighted by Crippen LogP contribution is 2.38. The smallest absolute Gasteiger partial charge is 0.282 e. The van der Waals surface area contributed by atoms with Crippen LogP contribution in [0.25, 0.3) is 5.57 Å². The molecule has 0 saturated carbocycles. The van der Waals surface area contributed by atoms with Gasteiger partial charge in [-0.2, -0.15) is 0 Å². The van der Waals surface area contributed by atoms with Crippen molar-refractivity contribution < 1.29 is 23.8 Å². The molecule has 1 aliphatic rings. The van der Waals surface area contributed by atoms with E-state index in [1.54, 1.807) is 49.6 Å². The Kier molecular flexibility index (Phi) is 6.13. The van der Waals surface area contributed by atoms with Gasteiger partial charge in [0.1, 0.15) is 22.9 Å². The first kappa shape index (κ1) is 21.5. The van der Waals surface area contributed by atoms with Gasteiger partial charge in [-0.15, -0.1) is 11.3 Å². The van der Waals surface area contributed by atoms with Gasteiger partial charge in [0, 0.05) is 17.0 Å². The number of imide groups is 1. The number of ether oxygens (including phenoxy) is 3. The lowest BCUT2D eigenvalue weighted by Crippen LogP contribution is -2.32. The van der Waals surface area contributed by atoms with E-state index in [0.717, 1.165) is 4.90 Å². The van der Waals surface area contributed by atoms with E-state index in [0.29, 0.717) is 45.7 Å². The Morgan fingerprint density at radius 1 is 0.938 bits per heavy atom. The number of nitrogens with zero attached hydrogens (tertiary/aromatic N) is 1. The summed E-state index contributed by atoms with van der Waals surface area (Å²) in [7, 11) is 3.09. The number of methoxy groups -OCH3 is 2. The maximum atomic E-state index is 13.5. The Morgan fingerprint density at radius 2 is 1.78 bits per heavy atom. The molecule has 164 valence electrons. The number of amides is 2. The number of hydrogen-bond donors (Lipinski definition) is 1. The summed E-state index contributed by atoms with van der Waals surface area (Å²) in [6.07, 6.45) is 0. The number of anilines is 2. The maximum Gasteiger partial charge on any atom is 0.282 e. The third kappa shape index (κ3) is 3.92. The van der Waals surface area contributed by atoms with Gasteiger partial charge in [0.25, 0.3) is 11.8 Å². The molecule has 0 unspecified atom stereocenters. The van der Waals surface area contributed by atoms with E-state index < -0.39 is 11.8 Å². The fraction of sp³-hybridized carbons (Fsp3) is 0.167. The molecule has 1 N–H and O–H groups in total. The number of carbonyl (C=O) groups excluding carboxylic acids is 2. The van der Waals surface area contributed by atoms with Gasteiger partial charge in [0.2, 0.25) is 0 Å². The average Bonchev–Trinajstić information content (AvgIpc) is 3.41. The number of benzene rings is 2. The Balaban J connectivity index is 1.77. The Morgan fingerprint density at radius 3 is 2.47 bits per heavy atom. The maximum absolute atomic E-state index is 13.5. The van der Waals surface area contributed by atoms with Crippen LogP contribution in [0.2, 0.25) is 0 Å². The minimum absolute atomic E-state index is 0.183. The highest BCUT2D eigenvalue weighted by molar-refractivity contribution is 7.11. The molecule has 2 amide bonds. The van der Waals surface area contributed by atoms with Gasteiger partial charge in [-0.3, -0.25) is 9.59 Å². The molecule has 0 bridgehead atoms. The van der Waals surface area contributed by atoms with E-state index in [1.165, 1.54) is 18.4 Å². The molecule has 4 rings (SSSR count). The van der Waals surface area contributed by atoms with Crippen LogP contribution in [0.4, 0.5) is 11.4 Å². The van der Waals surface area contributed by atoms with Crippen LogP contribution in [0.5, 0.6) is 17.2 Å². The molecule has 7 nitrogen and oxygen atoms in total. The zero-order valence-electron chi connectivity index (χ0n) is 17.9. The SMILES string of the molecule is CCOc1cccc(N2C(=O)C(Nc3ccc(OC)cc3OC)=C(c3cccs3)C2=O)c1. The first-order chi connectivity index (χ1) is 15.6. The van der Waals surface area contributed by atoms with E-state index in [4.69, 9.17) is 14.2 Å². The summed E-state index contributed by atoms with van der Waals surface area (Å²) in [4.78, 5) is 28.8. The van der Waals surface area contributed by atoms with Crippen molar-refractivity contribution in [2.45, 2.75) is 6.92 Å². The van der Waals surface area contributed by atoms with Crippen molar-refractivity contribution in [1.82, 2.24) is 0 Å². The third-order valence-electron chi connectivity index (χ3n) is 4.91. The second kappa shape index (κ2) is 9.15. The molecule has 0 saturated heterocycles. The van der Waals surface area contributed by atoms with Gasteiger partial charge in [0.05, 0.1) is 37.8 Å². The monoisotopic (exact) mass is 450 g/mol. The molecular weight excluding hydrogens is 428 g/mol. The molecule has 0 radical (unpaired) electrons. The van der Waals surface area contributed by atoms with Crippen LogP contribution in [-0.2, 0) is 9.59 Å². The lowest BCUT2D eigenvalue weighted by atomic mass is 10.1. The number of hydrogen-bond acceptors (Lipinski definition) is 7. The summed E-state index contributed by atoms with van der Waals surface area (Å²) in [6, 6.07) is 15.8. The molecule has 1 aliphatic heterocycles. The second-order valence-electron chi connectivity index (χ2n) is 6.79. The Bertz CT molecular complexity index is 1190. The Labute approximate surface area is 189 Å². The minimum atomic E-state index is -0.454. The highest BCUT2D eigenvalue weighted by Gasteiger charge is 2.41. The molecule has 2 heterocycles. The van der Waals surface area contributed by atoms with Gasteiger partial charge in [0.15, 0.2) is 0 Å². The predicted molar refractivity (Wildman–Crippen MR) is 125 cm³/mol. The molecule has 2 aromatic carbocycles. The van der Waals surface area contributed by atoms with Crippen molar-refractivity contribution in [3.8, 4) is 17.2 Å². The van der Waals surface area contributed by atoms with Crippen molar-refractivity contribution in [2.24, 2.45) is 0 Å². The first-order valence-electron chi connectivity index (χ1n) is 9.96. The normalized spacial score (nSPS) is 13.5. The summed E-state index contributed by atoms with van der Waals surface area (Å²) < 4.78 is 16.2. The topological polar surface area (TPSA) is 77.1 Å². The average molecular weight is 451 g/mol. The zero-order chi connectivity index (χ0) is 22.7. The molecule has 0 aliphatic carbocycles. The molecular formula is C24H22N2O5S. The molecule has 1 aromatic heterocycles. The van der Waals surface area contributed by atoms with Crippen molar-refractivity contribution >= 4 is 40.1 Å². The lowest BCUT2D eigenvalue weighted by Gasteiger charge is -2.17. The van der Waals surface area contributed by atoms with E-state index in [9.17, 15) is 9.59 Å². The summed E-state index contributed by atoms with van der Waals surface area (Å²) in [6.45, 7) is 2.35. The molecule has 0 atom stereocenters. The quantitative estimate of drug-likeness (QED) is 0.507. The molecule has 3 aromatic rings. The van der Waals surface area contributed by atoms with Crippen molar-refractivity contribution in [3.05, 3.63) is 70.6 Å². The van der Waals surface area contributed by atoms with E-state index in [-0.39, 0.29) is 5.70 Å². The van der Waals surface area contributed by atoms with Gasteiger partial charge < -0.3 is 19.5 Å². The van der Waals surface area contributed by atoms with Gasteiger partial charge >= 0.3 is 0 Å². The van der Waals surface area contributed by atoms with Crippen molar-refractivity contribution in [1.29, 1.82) is 0 Å². The van der Waals surface area contributed by atoms with Crippen LogP contribution in [0.15, 0.2) is 65.7 Å². The van der Waals surface area contributed by atoms with Crippen LogP contribution in [0, 0.1) is 0 Å². The van der Waals surface area contributed by atoms with Gasteiger partial charge in [-0.05, 0) is 42.6 Å². The van der Waals surface area contributed by atoms with Crippen molar-refractivity contribution in [3.63, 3.8) is 0 Å². The number of nitrogens with one attached hydrogen (secondary N) is 1. The second-order valence-corrected chi connectivity index (χ2v) is 7.74. The summed E-state index contributed by atoms with van der Waals surface area (Å²) in [5, 5.41) is 5.00. The predicted octanol–water partition coefficient (Wildman–Crippen LogP) is 4.56. The zero-order valence-corrected chi connectivity index (χ0v) is 18.7. The van der Waals surface area contributed by atoms with E-state index in [1.807, 2.05) is 24.4 Å². The van der Waals surface area contributed by atoms with Crippen LogP contribution < -0.4 is 24.4 Å². The number of thiophene rings is 1. The summed E-state index contributed by atoms with van der Waals surface area (Å²) >= 11 is 1.39. The fourth-order valence-electron chi connectivity index (χ4n) is 3.45. The minimum Gasteiger partial charge on any atom is -0.497 e. The fourth-order valence-corrected chi connectivity index (χ4v) is 4.21. The summed E-state index contributed by atoms with van der Waals surface area (Å²) in [5.74, 6) is 0.829. The third-order valence-corrected chi connectivity index (χ3v) is 5.79. The van der Waals surface area contributed by atoms with Crippen LogP contribution in [0.1, 0.15) is 11.8 Å². The number of rotatable bonds is 8. The van der Waals surface area contributed by atoms with E-state index in [2.05, 4.69) is 5.32 Å². The molecule has 0 spiro atoms. The van der Waals surface area contributed by atoms with Crippen LogP contribution >= 0.6 is 11.3 Å². The lowest BCUT2D eigenvalue weighted by molar-refractivity contribution is -0.120. The first-order valence-corrected chi connectivity index (χ1v) is 10.8. The molecule has 8 heteroatoms. The van der Waals surface area contributed by atoms with Crippen LogP contribution in [0.3, 0.4) is 0 Å². The van der Waals surface area contributed by atoms with Crippen LogP contribution in [-0.4, -0.2) is 32.6 Å².